The number of nitrogens with zero attached hydrogens (tertiary/aromatic N) is 5. The molecule has 1 saturated heterocycles. The topological polar surface area (TPSA) is 109 Å². The molecule has 0 radical (unpaired) electrons. The average molecular weight is 692 g/mol. The van der Waals surface area contributed by atoms with Crippen LogP contribution in [0.5, 0.6) is 11.8 Å². The van der Waals surface area contributed by atoms with Crippen LogP contribution >= 0.6 is 12.4 Å². The molecule has 2 aliphatic rings. The Morgan fingerprint density at radius 3 is 2.23 bits per heavy atom. The van der Waals surface area contributed by atoms with Crippen molar-refractivity contribution in [3.63, 3.8) is 0 Å². The maximum Gasteiger partial charge on any atom is 0.416 e. The number of aromatic nitrogens is 2. The van der Waals surface area contributed by atoms with Gasteiger partial charge >= 0.3 is 18.0 Å². The second-order valence-corrected chi connectivity index (χ2v) is 12.7. The van der Waals surface area contributed by atoms with Gasteiger partial charge in [0.1, 0.15) is 30.4 Å². The smallest absolute Gasteiger partial charge is 0.416 e. The van der Waals surface area contributed by atoms with Crippen LogP contribution in [0.3, 0.4) is 0 Å². The number of hydrogen-bond acceptors (Lipinski definition) is 8. The Kier molecular flexibility index (Phi) is 10.8. The Hall–Kier alpha value is -3.98. The van der Waals surface area contributed by atoms with E-state index in [1.165, 1.54) is 18.3 Å². The molecular formula is C32H33ClF3N5O5S. The first kappa shape index (κ1) is 34.4. The molecular weight excluding hydrogens is 659 g/mol. The van der Waals surface area contributed by atoms with Gasteiger partial charge in [-0.05, 0) is 70.2 Å². The van der Waals surface area contributed by atoms with Gasteiger partial charge in [0.05, 0.1) is 5.56 Å². The summed E-state index contributed by atoms with van der Waals surface area (Å²) in [7, 11) is 0. The van der Waals surface area contributed by atoms with Crippen LogP contribution in [-0.2, 0) is 36.2 Å². The van der Waals surface area contributed by atoms with Gasteiger partial charge in [-0.2, -0.15) is 13.2 Å². The first-order chi connectivity index (χ1) is 22.1. The van der Waals surface area contributed by atoms with Crippen molar-refractivity contribution in [3.8, 4) is 11.8 Å². The van der Waals surface area contributed by atoms with Gasteiger partial charge in [-0.1, -0.05) is 24.3 Å². The summed E-state index contributed by atoms with van der Waals surface area (Å²) in [6.45, 7) is 5.15. The summed E-state index contributed by atoms with van der Waals surface area (Å²) >= 11 is -1.36. The standard InChI is InChI=1S/C32H32F3N5O5S.ClH/c33-32(34,35)25-5-1-24(2-6-25)22-46(43)29-11-3-23(4-12-29)19-37-15-17-38(18-16-37)26-7-9-27(10-8-26)44-21-28-13-14-39-20-30(40(41)42)36-31(39)45-28;/h1-12,20,28H,13-19,21-22H2;1H. The van der Waals surface area contributed by atoms with E-state index in [4.69, 9.17) is 9.47 Å². The van der Waals surface area contributed by atoms with E-state index in [2.05, 4.69) is 14.8 Å². The van der Waals surface area contributed by atoms with E-state index in [9.17, 15) is 27.8 Å². The first-order valence-corrected chi connectivity index (χ1v) is 16.1. The zero-order chi connectivity index (χ0) is 32.3. The number of hydrogen-bond donors (Lipinski definition) is 0. The molecule has 3 heterocycles. The van der Waals surface area contributed by atoms with E-state index in [-0.39, 0.29) is 36.1 Å². The highest BCUT2D eigenvalue weighted by molar-refractivity contribution is 7.90. The van der Waals surface area contributed by atoms with Gasteiger partial charge in [0.15, 0.2) is 4.90 Å². The van der Waals surface area contributed by atoms with Crippen molar-refractivity contribution in [1.29, 1.82) is 0 Å². The van der Waals surface area contributed by atoms with Gasteiger partial charge in [0.2, 0.25) is 0 Å². The lowest BCUT2D eigenvalue weighted by Crippen LogP contribution is -2.45. The van der Waals surface area contributed by atoms with Crippen LogP contribution in [0.2, 0.25) is 0 Å². The van der Waals surface area contributed by atoms with Gasteiger partial charge in [0.25, 0.3) is 0 Å². The highest BCUT2D eigenvalue weighted by Crippen LogP contribution is 2.30. The van der Waals surface area contributed by atoms with E-state index in [1.807, 2.05) is 48.5 Å². The fourth-order valence-electron chi connectivity index (χ4n) is 5.47. The second-order valence-electron chi connectivity index (χ2n) is 11.3. The third-order valence-electron chi connectivity index (χ3n) is 8.06. The molecule has 4 aromatic rings. The monoisotopic (exact) mass is 691 g/mol. The van der Waals surface area contributed by atoms with Crippen LogP contribution in [-0.4, -0.2) is 62.8 Å². The number of fused-ring (bicyclic) bond motifs is 1. The van der Waals surface area contributed by atoms with Gasteiger partial charge in [-0.15, -0.1) is 12.4 Å². The summed E-state index contributed by atoms with van der Waals surface area (Å²) in [5, 5.41) is 11.0. The minimum Gasteiger partial charge on any atom is -0.611 e. The van der Waals surface area contributed by atoms with E-state index >= 15 is 0 Å². The van der Waals surface area contributed by atoms with Crippen LogP contribution in [0.25, 0.3) is 0 Å². The van der Waals surface area contributed by atoms with Gasteiger partial charge < -0.3 is 29.0 Å². The third kappa shape index (κ3) is 8.69. The molecule has 0 amide bonds. The van der Waals surface area contributed by atoms with Crippen molar-refractivity contribution in [3.05, 3.63) is 106 Å². The fourth-order valence-corrected chi connectivity index (χ4v) is 6.57. The number of piperazine rings is 1. The van der Waals surface area contributed by atoms with Crippen molar-refractivity contribution in [2.75, 3.05) is 37.7 Å². The van der Waals surface area contributed by atoms with Crippen LogP contribution in [0.15, 0.2) is 83.9 Å². The zero-order valence-electron chi connectivity index (χ0n) is 25.2. The average Bonchev–Trinajstić information content (AvgIpc) is 3.49. The Morgan fingerprint density at radius 1 is 0.936 bits per heavy atom. The minimum absolute atomic E-state index is 0. The molecule has 10 nitrogen and oxygen atoms in total. The molecule has 1 aromatic heterocycles. The molecule has 2 unspecified atom stereocenters. The Labute approximate surface area is 278 Å². The Bertz CT molecular complexity index is 1630. The number of nitro groups is 1. The van der Waals surface area contributed by atoms with Crippen LogP contribution in [0.1, 0.15) is 23.1 Å². The molecule has 15 heteroatoms. The van der Waals surface area contributed by atoms with E-state index in [1.54, 1.807) is 4.57 Å². The van der Waals surface area contributed by atoms with E-state index in [0.717, 1.165) is 61.9 Å². The summed E-state index contributed by atoms with van der Waals surface area (Å²) in [6, 6.07) is 20.5. The minimum atomic E-state index is -4.39. The Morgan fingerprint density at radius 2 is 1.60 bits per heavy atom. The maximum absolute atomic E-state index is 12.8. The molecule has 250 valence electrons. The first-order valence-electron chi connectivity index (χ1n) is 14.8. The summed E-state index contributed by atoms with van der Waals surface area (Å²) in [5.41, 5.74) is 2.09. The number of imidazole rings is 1. The maximum atomic E-state index is 12.8. The number of alkyl halides is 3. The van der Waals surface area contributed by atoms with Crippen LogP contribution in [0, 0.1) is 10.1 Å². The van der Waals surface area contributed by atoms with Crippen molar-refractivity contribution in [2.45, 2.75) is 42.4 Å². The lowest BCUT2D eigenvalue weighted by atomic mass is 10.1. The molecule has 6 rings (SSSR count). The molecule has 3 aromatic carbocycles. The predicted octanol–water partition coefficient (Wildman–Crippen LogP) is 6.09. The third-order valence-corrected chi connectivity index (χ3v) is 9.45. The molecule has 0 N–H and O–H groups in total. The lowest BCUT2D eigenvalue weighted by molar-refractivity contribution is -0.389. The number of aryl methyl sites for hydroxylation is 1. The lowest BCUT2D eigenvalue weighted by Gasteiger charge is -2.36. The molecule has 0 saturated carbocycles. The van der Waals surface area contributed by atoms with Crippen molar-refractivity contribution in [1.82, 2.24) is 14.5 Å². The second kappa shape index (κ2) is 14.8. The zero-order valence-corrected chi connectivity index (χ0v) is 26.8. The van der Waals surface area contributed by atoms with E-state index < -0.39 is 27.8 Å². The molecule has 1 fully saturated rings. The van der Waals surface area contributed by atoms with Crippen molar-refractivity contribution >= 4 is 35.1 Å². The van der Waals surface area contributed by atoms with Gasteiger partial charge in [-0.25, -0.2) is 0 Å². The molecule has 0 bridgehead atoms. The summed E-state index contributed by atoms with van der Waals surface area (Å²) in [6.07, 6.45) is -2.59. The highest BCUT2D eigenvalue weighted by Gasteiger charge is 2.30. The largest absolute Gasteiger partial charge is 0.611 e. The molecule has 0 aliphatic carbocycles. The quantitative estimate of drug-likeness (QED) is 0.112. The number of benzene rings is 3. The molecule has 47 heavy (non-hydrogen) atoms. The Balaban J connectivity index is 0.00000433. The SMILES string of the molecule is Cl.O=[N+]([O-])c1cn2c(n1)OC(COc1ccc(N3CCN(Cc4ccc([S+]([O-])Cc5ccc(C(F)(F)F)cc5)cc4)CC3)cc1)CC2. The van der Waals surface area contributed by atoms with Crippen LogP contribution < -0.4 is 14.4 Å². The summed E-state index contributed by atoms with van der Waals surface area (Å²) in [4.78, 5) is 19.7. The van der Waals surface area contributed by atoms with Crippen molar-refractivity contribution in [2.24, 2.45) is 0 Å². The number of ether oxygens (including phenoxy) is 2. The summed E-state index contributed by atoms with van der Waals surface area (Å²) < 4.78 is 64.5. The fraction of sp³-hybridized carbons (Fsp3) is 0.344. The molecule has 2 atom stereocenters. The number of rotatable bonds is 10. The van der Waals surface area contributed by atoms with Crippen LogP contribution in [0.4, 0.5) is 24.7 Å². The number of anilines is 1. The normalized spacial score (nSPS) is 17.3. The van der Waals surface area contributed by atoms with E-state index in [0.29, 0.717) is 30.0 Å². The molecule has 2 aliphatic heterocycles. The molecule has 0 spiro atoms. The highest BCUT2D eigenvalue weighted by atomic mass is 35.5. The van der Waals surface area contributed by atoms with Crippen molar-refractivity contribution < 1.29 is 32.1 Å². The van der Waals surface area contributed by atoms with Gasteiger partial charge in [-0.3, -0.25) is 9.47 Å². The van der Waals surface area contributed by atoms with Gasteiger partial charge in [0, 0.05) is 61.9 Å². The summed E-state index contributed by atoms with van der Waals surface area (Å²) in [5.74, 6) is 0.647. The number of halogens is 4. The predicted molar refractivity (Wildman–Crippen MR) is 173 cm³/mol.